The van der Waals surface area contributed by atoms with Crippen LogP contribution in [0.25, 0.3) is 0 Å². The van der Waals surface area contributed by atoms with Gasteiger partial charge in [-0.1, -0.05) is 12.1 Å². The maximum absolute atomic E-state index is 5.32. The summed E-state index contributed by atoms with van der Waals surface area (Å²) in [6.07, 6.45) is 0. The van der Waals surface area contributed by atoms with E-state index in [1.54, 1.807) is 0 Å². The van der Waals surface area contributed by atoms with Gasteiger partial charge in [0.2, 0.25) is 0 Å². The fraction of sp³-hybridized carbons (Fsp3) is 0.400. The highest BCUT2D eigenvalue weighted by molar-refractivity contribution is 9.10. The van der Waals surface area contributed by atoms with E-state index in [1.165, 1.54) is 9.37 Å². The van der Waals surface area contributed by atoms with Crippen LogP contribution in [0.3, 0.4) is 0 Å². The second-order valence-corrected chi connectivity index (χ2v) is 5.33. The van der Waals surface area contributed by atoms with Gasteiger partial charge in [-0.2, -0.15) is 0 Å². The Labute approximate surface area is 91.0 Å². The lowest BCUT2D eigenvalue weighted by Crippen LogP contribution is -2.07. The molecule has 2 rings (SSSR count). The number of rotatable bonds is 3. The molecule has 1 aliphatic rings. The smallest absolute Gasteiger partial charge is 0.0981 e. The lowest BCUT2D eigenvalue weighted by Gasteiger charge is -2.05. The van der Waals surface area contributed by atoms with Crippen LogP contribution >= 0.6 is 27.7 Å². The number of hydrogen-bond acceptors (Lipinski definition) is 2. The van der Waals surface area contributed by atoms with Crippen molar-refractivity contribution in [2.45, 2.75) is 17.4 Å². The third-order valence-electron chi connectivity index (χ3n) is 2.01. The molecule has 3 heteroatoms. The number of epoxide rings is 1. The van der Waals surface area contributed by atoms with Gasteiger partial charge >= 0.3 is 0 Å². The van der Waals surface area contributed by atoms with E-state index < -0.39 is 0 Å². The minimum absolute atomic E-state index is 0.139. The van der Waals surface area contributed by atoms with E-state index in [4.69, 9.17) is 4.74 Å². The van der Waals surface area contributed by atoms with Crippen LogP contribution < -0.4 is 0 Å². The normalized spacial score (nSPS) is 26.0. The van der Waals surface area contributed by atoms with Crippen molar-refractivity contribution in [2.75, 3.05) is 12.4 Å². The molecule has 0 saturated carbocycles. The molecule has 1 aliphatic heterocycles. The Morgan fingerprint density at radius 3 is 2.85 bits per heavy atom. The predicted octanol–water partition coefficient (Wildman–Crippen LogP) is 3.33. The van der Waals surface area contributed by atoms with E-state index in [0.717, 1.165) is 12.4 Å². The quantitative estimate of drug-likeness (QED) is 0.609. The molecule has 1 atom stereocenters. The van der Waals surface area contributed by atoms with Gasteiger partial charge in [-0.25, -0.2) is 0 Å². The van der Waals surface area contributed by atoms with Gasteiger partial charge in [0, 0.05) is 15.1 Å². The molecule has 0 amide bonds. The molecule has 0 aromatic heterocycles. The van der Waals surface area contributed by atoms with Gasteiger partial charge < -0.3 is 4.74 Å². The number of thioether (sulfide) groups is 1. The summed E-state index contributed by atoms with van der Waals surface area (Å²) in [7, 11) is 0. The van der Waals surface area contributed by atoms with Crippen LogP contribution in [0.15, 0.2) is 33.6 Å². The van der Waals surface area contributed by atoms with Gasteiger partial charge in [-0.05, 0) is 35.0 Å². The van der Waals surface area contributed by atoms with Gasteiger partial charge in [-0.15, -0.1) is 11.8 Å². The van der Waals surface area contributed by atoms with Crippen molar-refractivity contribution in [3.63, 3.8) is 0 Å². The zero-order valence-electron chi connectivity index (χ0n) is 7.42. The van der Waals surface area contributed by atoms with Crippen LogP contribution in [0.1, 0.15) is 6.92 Å². The molecule has 1 aromatic rings. The van der Waals surface area contributed by atoms with Gasteiger partial charge in [0.25, 0.3) is 0 Å². The second kappa shape index (κ2) is 3.64. The van der Waals surface area contributed by atoms with Crippen molar-refractivity contribution in [1.29, 1.82) is 0 Å². The first-order chi connectivity index (χ1) is 6.20. The molecule has 1 heterocycles. The fourth-order valence-electron chi connectivity index (χ4n) is 0.999. The minimum Gasteiger partial charge on any atom is -0.369 e. The van der Waals surface area contributed by atoms with Crippen molar-refractivity contribution in [1.82, 2.24) is 0 Å². The van der Waals surface area contributed by atoms with Crippen LogP contribution in [0, 0.1) is 0 Å². The summed E-state index contributed by atoms with van der Waals surface area (Å²) in [4.78, 5) is 1.29. The highest BCUT2D eigenvalue weighted by Crippen LogP contribution is 2.35. The number of hydrogen-bond donors (Lipinski definition) is 0. The first kappa shape index (κ1) is 9.56. The maximum Gasteiger partial charge on any atom is 0.0981 e. The summed E-state index contributed by atoms with van der Waals surface area (Å²) >= 11 is 5.37. The SMILES string of the molecule is CC1(CSc2ccccc2Br)CO1. The topological polar surface area (TPSA) is 12.5 Å². The molecule has 70 valence electrons. The Bertz CT molecular complexity index is 310. The van der Waals surface area contributed by atoms with Crippen LogP contribution in [0.2, 0.25) is 0 Å². The Hall–Kier alpha value is 0.01000. The van der Waals surface area contributed by atoms with E-state index in [-0.39, 0.29) is 5.60 Å². The Morgan fingerprint density at radius 2 is 2.23 bits per heavy atom. The molecule has 0 aliphatic carbocycles. The molecule has 0 N–H and O–H groups in total. The second-order valence-electron chi connectivity index (χ2n) is 3.46. The van der Waals surface area contributed by atoms with E-state index in [1.807, 2.05) is 17.8 Å². The summed E-state index contributed by atoms with van der Waals surface area (Å²) in [5, 5.41) is 0. The van der Waals surface area contributed by atoms with Crippen molar-refractivity contribution in [3.8, 4) is 0 Å². The summed E-state index contributed by atoms with van der Waals surface area (Å²) in [6.45, 7) is 3.06. The van der Waals surface area contributed by atoms with E-state index in [9.17, 15) is 0 Å². The summed E-state index contributed by atoms with van der Waals surface area (Å²) in [6, 6.07) is 8.28. The number of halogens is 1. The van der Waals surface area contributed by atoms with Gasteiger partial charge in [0.15, 0.2) is 0 Å². The van der Waals surface area contributed by atoms with Crippen molar-refractivity contribution in [3.05, 3.63) is 28.7 Å². The first-order valence-electron chi connectivity index (χ1n) is 4.21. The van der Waals surface area contributed by atoms with E-state index >= 15 is 0 Å². The average Bonchev–Trinajstić information content (AvgIpc) is 2.83. The average molecular weight is 259 g/mol. The van der Waals surface area contributed by atoms with Crippen LogP contribution in [0.5, 0.6) is 0 Å². The van der Waals surface area contributed by atoms with E-state index in [2.05, 4.69) is 41.1 Å². The van der Waals surface area contributed by atoms with Crippen molar-refractivity contribution in [2.24, 2.45) is 0 Å². The monoisotopic (exact) mass is 258 g/mol. The number of ether oxygens (including phenoxy) is 1. The minimum atomic E-state index is 0.139. The molecule has 1 nitrogen and oxygen atoms in total. The molecule has 1 fully saturated rings. The van der Waals surface area contributed by atoms with Crippen LogP contribution in [0.4, 0.5) is 0 Å². The van der Waals surface area contributed by atoms with Crippen LogP contribution in [-0.4, -0.2) is 18.0 Å². The Morgan fingerprint density at radius 1 is 1.54 bits per heavy atom. The summed E-state index contributed by atoms with van der Waals surface area (Å²) in [5.41, 5.74) is 0.139. The molecule has 1 aromatic carbocycles. The highest BCUT2D eigenvalue weighted by atomic mass is 79.9. The molecule has 1 saturated heterocycles. The molecule has 0 radical (unpaired) electrons. The van der Waals surface area contributed by atoms with Crippen molar-refractivity contribution >= 4 is 27.7 Å². The maximum atomic E-state index is 5.32. The molecular weight excluding hydrogens is 248 g/mol. The Kier molecular flexibility index (Phi) is 2.67. The van der Waals surface area contributed by atoms with Gasteiger partial charge in [0.1, 0.15) is 0 Å². The number of benzene rings is 1. The van der Waals surface area contributed by atoms with Gasteiger partial charge in [0.05, 0.1) is 12.2 Å². The highest BCUT2D eigenvalue weighted by Gasteiger charge is 2.39. The molecule has 1 unspecified atom stereocenters. The molecule has 0 spiro atoms. The Balaban J connectivity index is 1.97. The zero-order valence-corrected chi connectivity index (χ0v) is 9.82. The van der Waals surface area contributed by atoms with Gasteiger partial charge in [-0.3, -0.25) is 0 Å². The largest absolute Gasteiger partial charge is 0.369 e. The third-order valence-corrected chi connectivity index (χ3v) is 4.38. The first-order valence-corrected chi connectivity index (χ1v) is 5.99. The fourth-order valence-corrected chi connectivity index (χ4v) is 2.64. The predicted molar refractivity (Wildman–Crippen MR) is 59.2 cm³/mol. The summed E-state index contributed by atoms with van der Waals surface area (Å²) in [5.74, 6) is 1.04. The zero-order chi connectivity index (χ0) is 9.31. The molecular formula is C10H11BrOS. The molecule has 13 heavy (non-hydrogen) atoms. The molecule has 0 bridgehead atoms. The van der Waals surface area contributed by atoms with Crippen LogP contribution in [-0.2, 0) is 4.74 Å². The standard InChI is InChI=1S/C10H11BrOS/c1-10(6-12-10)7-13-9-5-3-2-4-8(9)11/h2-5H,6-7H2,1H3. The third kappa shape index (κ3) is 2.48. The lowest BCUT2D eigenvalue weighted by molar-refractivity contribution is 0.348. The van der Waals surface area contributed by atoms with E-state index in [0.29, 0.717) is 0 Å². The summed E-state index contributed by atoms with van der Waals surface area (Å²) < 4.78 is 6.49. The lowest BCUT2D eigenvalue weighted by atomic mass is 10.3. The van der Waals surface area contributed by atoms with Crippen molar-refractivity contribution < 1.29 is 4.74 Å².